The van der Waals surface area contributed by atoms with Crippen LogP contribution in [0.5, 0.6) is 0 Å². The van der Waals surface area contributed by atoms with E-state index >= 15 is 0 Å². The van der Waals surface area contributed by atoms with E-state index in [9.17, 15) is 15.0 Å². The van der Waals surface area contributed by atoms with Crippen LogP contribution in [0.15, 0.2) is 11.6 Å². The van der Waals surface area contributed by atoms with Crippen LogP contribution in [0.25, 0.3) is 0 Å². The zero-order valence-corrected chi connectivity index (χ0v) is 16.2. The molecule has 2 rings (SSSR count). The average Bonchev–Trinajstić information content (AvgIpc) is 2.44. The second-order valence-corrected chi connectivity index (χ2v) is 8.64. The summed E-state index contributed by atoms with van der Waals surface area (Å²) in [5.74, 6) is -0.0108. The van der Waals surface area contributed by atoms with Crippen LogP contribution in [0.3, 0.4) is 0 Å². The van der Waals surface area contributed by atoms with Crippen molar-refractivity contribution in [3.8, 4) is 0 Å². The monoisotopic (exact) mass is 354 g/mol. The summed E-state index contributed by atoms with van der Waals surface area (Å²) in [5, 5.41) is 23.8. The molecular formula is C19H34N2O4. The van der Waals surface area contributed by atoms with Gasteiger partial charge in [-0.15, -0.1) is 0 Å². The van der Waals surface area contributed by atoms with Gasteiger partial charge in [0.15, 0.2) is 0 Å². The molecule has 2 aliphatic heterocycles. The Morgan fingerprint density at radius 2 is 2.00 bits per heavy atom. The van der Waals surface area contributed by atoms with Gasteiger partial charge >= 0.3 is 0 Å². The maximum Gasteiger partial charge on any atom is 0.227 e. The fourth-order valence-corrected chi connectivity index (χ4v) is 4.24. The highest BCUT2D eigenvalue weighted by Crippen LogP contribution is 2.30. The van der Waals surface area contributed by atoms with Gasteiger partial charge in [-0.25, -0.2) is 0 Å². The van der Waals surface area contributed by atoms with Crippen molar-refractivity contribution >= 4 is 5.91 Å². The van der Waals surface area contributed by atoms with E-state index in [0.29, 0.717) is 13.0 Å². The van der Waals surface area contributed by atoms with Crippen molar-refractivity contribution in [3.63, 3.8) is 0 Å². The van der Waals surface area contributed by atoms with Gasteiger partial charge in [0, 0.05) is 24.0 Å². The molecule has 3 N–H and O–H groups in total. The molecule has 6 nitrogen and oxygen atoms in total. The maximum atomic E-state index is 13.0. The number of carbonyl (C=O) groups is 1. The van der Waals surface area contributed by atoms with Gasteiger partial charge in [0.25, 0.3) is 0 Å². The second kappa shape index (κ2) is 7.74. The van der Waals surface area contributed by atoms with E-state index < -0.39 is 18.2 Å². The number of aliphatic hydroxyl groups excluding tert-OH is 2. The molecule has 3 atom stereocenters. The number of nitrogens with one attached hydrogen (secondary N) is 1. The number of nitrogens with zero attached hydrogens (tertiary/aromatic N) is 1. The van der Waals surface area contributed by atoms with Crippen molar-refractivity contribution in [2.24, 2.45) is 0 Å². The third-order valence-corrected chi connectivity index (χ3v) is 4.82. The molecule has 0 radical (unpaired) electrons. The third-order valence-electron chi connectivity index (χ3n) is 4.82. The summed E-state index contributed by atoms with van der Waals surface area (Å²) in [6.07, 6.45) is 2.19. The van der Waals surface area contributed by atoms with Crippen molar-refractivity contribution in [2.45, 2.75) is 83.2 Å². The molecule has 0 aromatic heterocycles. The first-order valence-corrected chi connectivity index (χ1v) is 9.28. The van der Waals surface area contributed by atoms with Crippen molar-refractivity contribution in [3.05, 3.63) is 11.6 Å². The minimum absolute atomic E-state index is 0.0108. The van der Waals surface area contributed by atoms with E-state index in [-0.39, 0.29) is 30.2 Å². The van der Waals surface area contributed by atoms with Gasteiger partial charge in [-0.2, -0.15) is 0 Å². The molecule has 0 saturated carbocycles. The highest BCUT2D eigenvalue weighted by Gasteiger charge is 2.38. The molecule has 0 aliphatic carbocycles. The fourth-order valence-electron chi connectivity index (χ4n) is 4.24. The van der Waals surface area contributed by atoms with Gasteiger partial charge in [-0.05, 0) is 40.5 Å². The van der Waals surface area contributed by atoms with Crippen molar-refractivity contribution in [1.29, 1.82) is 0 Å². The molecule has 1 fully saturated rings. The molecule has 0 spiro atoms. The first-order valence-electron chi connectivity index (χ1n) is 9.28. The average molecular weight is 354 g/mol. The van der Waals surface area contributed by atoms with Crippen molar-refractivity contribution in [1.82, 2.24) is 10.2 Å². The van der Waals surface area contributed by atoms with Gasteiger partial charge in [0.2, 0.25) is 5.91 Å². The lowest BCUT2D eigenvalue weighted by molar-refractivity contribution is -0.155. The Balaban J connectivity index is 2.14. The summed E-state index contributed by atoms with van der Waals surface area (Å²) in [4.78, 5) is 14.7. The normalized spacial score (nSPS) is 31.3. The van der Waals surface area contributed by atoms with E-state index in [1.807, 2.05) is 6.92 Å². The standard InChI is InChI=1S/C19H34N2O4/c1-6-7-21(14-11-25-12-15(22)17(14)24)16(23)8-13-9-18(2,3)20-19(4,5)10-13/h9,14-15,17,20,22,24H,6-8,10-12H2,1-5H3/t14-,15-,17+/m1/s1. The van der Waals surface area contributed by atoms with E-state index in [1.165, 1.54) is 0 Å². The smallest absolute Gasteiger partial charge is 0.227 e. The van der Waals surface area contributed by atoms with Gasteiger partial charge in [0.05, 0.1) is 19.3 Å². The summed E-state index contributed by atoms with van der Waals surface area (Å²) in [6, 6.07) is -0.487. The minimum atomic E-state index is -0.959. The van der Waals surface area contributed by atoms with E-state index in [4.69, 9.17) is 4.74 Å². The molecule has 0 bridgehead atoms. The van der Waals surface area contributed by atoms with E-state index in [2.05, 4.69) is 39.1 Å². The van der Waals surface area contributed by atoms with Crippen LogP contribution < -0.4 is 5.32 Å². The summed E-state index contributed by atoms with van der Waals surface area (Å²) >= 11 is 0. The van der Waals surface area contributed by atoms with Crippen LogP contribution in [-0.4, -0.2) is 70.1 Å². The van der Waals surface area contributed by atoms with Crippen LogP contribution >= 0.6 is 0 Å². The SMILES string of the molecule is CCCN(C(=O)CC1=CC(C)(C)NC(C)(C)C1)[C@@H]1COC[C@@H](O)[C@H]1O. The molecule has 2 aliphatic rings. The van der Waals surface area contributed by atoms with Gasteiger partial charge < -0.3 is 25.2 Å². The zero-order chi connectivity index (χ0) is 18.8. The van der Waals surface area contributed by atoms with Gasteiger partial charge in [-0.1, -0.05) is 18.6 Å². The molecule has 1 saturated heterocycles. The van der Waals surface area contributed by atoms with Gasteiger partial charge in [0.1, 0.15) is 12.2 Å². The Kier molecular flexibility index (Phi) is 6.30. The number of hydrogen-bond acceptors (Lipinski definition) is 5. The summed E-state index contributed by atoms with van der Waals surface area (Å²) in [7, 11) is 0. The predicted octanol–water partition coefficient (Wildman–Crippen LogP) is 1.21. The first kappa shape index (κ1) is 20.4. The Morgan fingerprint density at radius 1 is 1.32 bits per heavy atom. The number of ether oxygens (including phenoxy) is 1. The fraction of sp³-hybridized carbons (Fsp3) is 0.842. The quantitative estimate of drug-likeness (QED) is 0.647. The molecular weight excluding hydrogens is 320 g/mol. The van der Waals surface area contributed by atoms with E-state index in [1.54, 1.807) is 4.90 Å². The Bertz CT molecular complexity index is 516. The lowest BCUT2D eigenvalue weighted by Gasteiger charge is -2.42. The molecule has 2 heterocycles. The van der Waals surface area contributed by atoms with Crippen LogP contribution in [-0.2, 0) is 9.53 Å². The van der Waals surface area contributed by atoms with Crippen molar-refractivity contribution in [2.75, 3.05) is 19.8 Å². The summed E-state index contributed by atoms with van der Waals surface area (Å²) < 4.78 is 5.37. The second-order valence-electron chi connectivity index (χ2n) is 8.64. The topological polar surface area (TPSA) is 82.0 Å². The van der Waals surface area contributed by atoms with Crippen LogP contribution in [0.2, 0.25) is 0 Å². The Morgan fingerprint density at radius 3 is 2.60 bits per heavy atom. The first-order chi connectivity index (χ1) is 11.5. The largest absolute Gasteiger partial charge is 0.388 e. The van der Waals surface area contributed by atoms with Gasteiger partial charge in [-0.3, -0.25) is 4.79 Å². The number of aliphatic hydroxyl groups is 2. The molecule has 25 heavy (non-hydrogen) atoms. The number of hydrogen-bond donors (Lipinski definition) is 3. The molecule has 0 aromatic rings. The molecule has 0 aromatic carbocycles. The lowest BCUT2D eigenvalue weighted by Crippen LogP contribution is -2.58. The Hall–Kier alpha value is -0.950. The lowest BCUT2D eigenvalue weighted by atomic mass is 9.82. The molecule has 144 valence electrons. The number of rotatable bonds is 5. The van der Waals surface area contributed by atoms with Crippen LogP contribution in [0.1, 0.15) is 53.9 Å². The van der Waals surface area contributed by atoms with E-state index in [0.717, 1.165) is 18.4 Å². The number of carbonyl (C=O) groups excluding carboxylic acids is 1. The van der Waals surface area contributed by atoms with Crippen LogP contribution in [0.4, 0.5) is 0 Å². The van der Waals surface area contributed by atoms with Crippen LogP contribution in [0, 0.1) is 0 Å². The Labute approximate surface area is 151 Å². The number of amides is 1. The minimum Gasteiger partial charge on any atom is -0.388 e. The summed E-state index contributed by atoms with van der Waals surface area (Å²) in [5.41, 5.74) is 0.899. The maximum absolute atomic E-state index is 13.0. The zero-order valence-electron chi connectivity index (χ0n) is 16.2. The highest BCUT2D eigenvalue weighted by molar-refractivity contribution is 5.79. The van der Waals surface area contributed by atoms with Crippen molar-refractivity contribution < 1.29 is 19.7 Å². The highest BCUT2D eigenvalue weighted by atomic mass is 16.5. The third kappa shape index (κ3) is 5.26. The molecule has 1 amide bonds. The molecule has 6 heteroatoms. The molecule has 0 unspecified atom stereocenters. The predicted molar refractivity (Wildman–Crippen MR) is 97.2 cm³/mol. The summed E-state index contributed by atoms with van der Waals surface area (Å²) in [6.45, 7) is 11.4.